The van der Waals surface area contributed by atoms with Crippen molar-refractivity contribution in [2.75, 3.05) is 0 Å². The summed E-state index contributed by atoms with van der Waals surface area (Å²) in [4.78, 5) is 0. The van der Waals surface area contributed by atoms with Gasteiger partial charge in [-0.3, -0.25) is 0 Å². The van der Waals surface area contributed by atoms with E-state index in [1.165, 1.54) is 37.7 Å². The standard InChI is InChI=1S/C16H24O/c1-4-13-7-5-6-8-15(13)14-9-11(2)16(17)12(3)10-14/h9-10,13,15,17H,4-8H2,1-3H3/t13-,15+/m1/s1. The molecular formula is C16H24O. The number of aromatic hydroxyl groups is 1. The monoisotopic (exact) mass is 232 g/mol. The third kappa shape index (κ3) is 2.48. The van der Waals surface area contributed by atoms with Crippen LogP contribution in [-0.2, 0) is 0 Å². The lowest BCUT2D eigenvalue weighted by Crippen LogP contribution is -2.17. The Balaban J connectivity index is 2.32. The summed E-state index contributed by atoms with van der Waals surface area (Å²) in [6.07, 6.45) is 6.73. The summed E-state index contributed by atoms with van der Waals surface area (Å²) in [5, 5.41) is 9.85. The lowest BCUT2D eigenvalue weighted by atomic mass is 9.74. The van der Waals surface area contributed by atoms with E-state index in [9.17, 15) is 5.11 Å². The van der Waals surface area contributed by atoms with Gasteiger partial charge in [-0.15, -0.1) is 0 Å². The van der Waals surface area contributed by atoms with Gasteiger partial charge in [0.25, 0.3) is 0 Å². The van der Waals surface area contributed by atoms with Crippen molar-refractivity contribution < 1.29 is 5.11 Å². The molecule has 1 aliphatic carbocycles. The van der Waals surface area contributed by atoms with E-state index < -0.39 is 0 Å². The van der Waals surface area contributed by atoms with Crippen molar-refractivity contribution in [1.82, 2.24) is 0 Å². The predicted octanol–water partition coefficient (Wildman–Crippen LogP) is 4.69. The molecule has 1 nitrogen and oxygen atoms in total. The molecule has 1 aromatic carbocycles. The van der Waals surface area contributed by atoms with Crippen LogP contribution in [0.25, 0.3) is 0 Å². The van der Waals surface area contributed by atoms with E-state index in [2.05, 4.69) is 19.1 Å². The largest absolute Gasteiger partial charge is 0.507 e. The first-order valence-corrected chi connectivity index (χ1v) is 6.93. The minimum atomic E-state index is 0.470. The van der Waals surface area contributed by atoms with Gasteiger partial charge in [-0.1, -0.05) is 38.3 Å². The van der Waals surface area contributed by atoms with Crippen LogP contribution in [0.15, 0.2) is 12.1 Å². The summed E-state index contributed by atoms with van der Waals surface area (Å²) in [5.41, 5.74) is 3.50. The lowest BCUT2D eigenvalue weighted by molar-refractivity contribution is 0.299. The molecule has 0 amide bonds. The molecule has 1 N–H and O–H groups in total. The van der Waals surface area contributed by atoms with Crippen LogP contribution in [0.4, 0.5) is 0 Å². The second kappa shape index (κ2) is 5.12. The van der Waals surface area contributed by atoms with E-state index in [-0.39, 0.29) is 0 Å². The third-order valence-corrected chi connectivity index (χ3v) is 4.37. The molecule has 94 valence electrons. The smallest absolute Gasteiger partial charge is 0.121 e. The fraction of sp³-hybridized carbons (Fsp3) is 0.625. The molecule has 1 saturated carbocycles. The number of phenolic OH excluding ortho intramolecular Hbond substituents is 1. The molecule has 0 saturated heterocycles. The lowest BCUT2D eigenvalue weighted by Gasteiger charge is -2.31. The summed E-state index contributed by atoms with van der Waals surface area (Å²) in [7, 11) is 0. The van der Waals surface area contributed by atoms with Crippen molar-refractivity contribution in [2.45, 2.75) is 58.8 Å². The summed E-state index contributed by atoms with van der Waals surface area (Å²) >= 11 is 0. The summed E-state index contributed by atoms with van der Waals surface area (Å²) in [6, 6.07) is 4.39. The van der Waals surface area contributed by atoms with Gasteiger partial charge in [-0.05, 0) is 55.2 Å². The molecule has 0 unspecified atom stereocenters. The van der Waals surface area contributed by atoms with E-state index >= 15 is 0 Å². The molecule has 2 rings (SSSR count). The molecule has 0 spiro atoms. The Morgan fingerprint density at radius 1 is 1.12 bits per heavy atom. The first-order valence-electron chi connectivity index (χ1n) is 6.93. The second-order valence-electron chi connectivity index (χ2n) is 5.56. The molecule has 1 aliphatic rings. The minimum Gasteiger partial charge on any atom is -0.507 e. The second-order valence-corrected chi connectivity index (χ2v) is 5.56. The van der Waals surface area contributed by atoms with Gasteiger partial charge in [-0.25, -0.2) is 0 Å². The van der Waals surface area contributed by atoms with E-state index in [0.29, 0.717) is 11.7 Å². The Morgan fingerprint density at radius 3 is 2.29 bits per heavy atom. The number of hydrogen-bond donors (Lipinski definition) is 1. The fourth-order valence-corrected chi connectivity index (χ4v) is 3.34. The maximum atomic E-state index is 9.85. The van der Waals surface area contributed by atoms with Crippen LogP contribution in [0, 0.1) is 19.8 Å². The van der Waals surface area contributed by atoms with Crippen molar-refractivity contribution in [3.63, 3.8) is 0 Å². The third-order valence-electron chi connectivity index (χ3n) is 4.37. The van der Waals surface area contributed by atoms with E-state index in [0.717, 1.165) is 17.0 Å². The number of aryl methyl sites for hydroxylation is 2. The van der Waals surface area contributed by atoms with Crippen molar-refractivity contribution in [3.05, 3.63) is 28.8 Å². The van der Waals surface area contributed by atoms with Crippen LogP contribution in [0.1, 0.15) is 61.6 Å². The molecule has 0 bridgehead atoms. The first-order chi connectivity index (χ1) is 8.13. The van der Waals surface area contributed by atoms with Gasteiger partial charge in [-0.2, -0.15) is 0 Å². The van der Waals surface area contributed by atoms with Crippen molar-refractivity contribution in [3.8, 4) is 5.75 Å². The van der Waals surface area contributed by atoms with Crippen LogP contribution in [-0.4, -0.2) is 5.11 Å². The highest BCUT2D eigenvalue weighted by atomic mass is 16.3. The van der Waals surface area contributed by atoms with Gasteiger partial charge in [0.05, 0.1) is 0 Å². The fourth-order valence-electron chi connectivity index (χ4n) is 3.34. The number of phenols is 1. The average Bonchev–Trinajstić information content (AvgIpc) is 2.35. The highest BCUT2D eigenvalue weighted by molar-refractivity contribution is 5.43. The minimum absolute atomic E-state index is 0.470. The van der Waals surface area contributed by atoms with E-state index in [1.54, 1.807) is 0 Å². The van der Waals surface area contributed by atoms with Gasteiger partial charge in [0, 0.05) is 0 Å². The van der Waals surface area contributed by atoms with Crippen LogP contribution >= 0.6 is 0 Å². The van der Waals surface area contributed by atoms with Gasteiger partial charge < -0.3 is 5.11 Å². The first kappa shape index (κ1) is 12.5. The molecule has 0 aromatic heterocycles. The molecule has 0 aliphatic heterocycles. The molecule has 17 heavy (non-hydrogen) atoms. The molecule has 1 heteroatoms. The highest BCUT2D eigenvalue weighted by Crippen LogP contribution is 2.41. The highest BCUT2D eigenvalue weighted by Gasteiger charge is 2.25. The normalized spacial score (nSPS) is 24.9. The van der Waals surface area contributed by atoms with E-state index in [4.69, 9.17) is 0 Å². The van der Waals surface area contributed by atoms with Crippen molar-refractivity contribution >= 4 is 0 Å². The molecule has 0 radical (unpaired) electrons. The van der Waals surface area contributed by atoms with Crippen LogP contribution in [0.5, 0.6) is 5.75 Å². The Labute approximate surface area is 105 Å². The molecule has 0 heterocycles. The molecule has 1 aromatic rings. The van der Waals surface area contributed by atoms with Gasteiger partial charge in [0.2, 0.25) is 0 Å². The number of rotatable bonds is 2. The number of hydrogen-bond acceptors (Lipinski definition) is 1. The van der Waals surface area contributed by atoms with Crippen LogP contribution < -0.4 is 0 Å². The average molecular weight is 232 g/mol. The maximum Gasteiger partial charge on any atom is 0.121 e. The summed E-state index contributed by atoms with van der Waals surface area (Å²) < 4.78 is 0. The van der Waals surface area contributed by atoms with Crippen LogP contribution in [0.3, 0.4) is 0 Å². The predicted molar refractivity (Wildman–Crippen MR) is 72.6 cm³/mol. The summed E-state index contributed by atoms with van der Waals surface area (Å²) in [5.74, 6) is 2.02. The molecular weight excluding hydrogens is 208 g/mol. The van der Waals surface area contributed by atoms with E-state index in [1.807, 2.05) is 13.8 Å². The molecule has 1 fully saturated rings. The Bertz CT molecular complexity index is 372. The Morgan fingerprint density at radius 2 is 1.71 bits per heavy atom. The zero-order chi connectivity index (χ0) is 12.4. The summed E-state index contributed by atoms with van der Waals surface area (Å²) in [6.45, 7) is 6.33. The van der Waals surface area contributed by atoms with Crippen LogP contribution in [0.2, 0.25) is 0 Å². The zero-order valence-electron chi connectivity index (χ0n) is 11.3. The topological polar surface area (TPSA) is 20.2 Å². The Hall–Kier alpha value is -0.980. The quantitative estimate of drug-likeness (QED) is 0.784. The van der Waals surface area contributed by atoms with Gasteiger partial charge in [0.15, 0.2) is 0 Å². The van der Waals surface area contributed by atoms with Gasteiger partial charge in [0.1, 0.15) is 5.75 Å². The Kier molecular flexibility index (Phi) is 3.76. The maximum absolute atomic E-state index is 9.85. The van der Waals surface area contributed by atoms with Crippen molar-refractivity contribution in [2.24, 2.45) is 5.92 Å². The zero-order valence-corrected chi connectivity index (χ0v) is 11.3. The van der Waals surface area contributed by atoms with Crippen molar-refractivity contribution in [1.29, 1.82) is 0 Å². The van der Waals surface area contributed by atoms with Gasteiger partial charge >= 0.3 is 0 Å². The molecule has 2 atom stereocenters. The SMILES string of the molecule is CC[C@@H]1CCCC[C@@H]1c1cc(C)c(O)c(C)c1. The number of benzene rings is 1.